The number of benzene rings is 2. The summed E-state index contributed by atoms with van der Waals surface area (Å²) in [6.45, 7) is 1.08. The van der Waals surface area contributed by atoms with Gasteiger partial charge in [-0.1, -0.05) is 72.4 Å². The normalized spacial score (nSPS) is 16.4. The second-order valence-electron chi connectivity index (χ2n) is 5.43. The molecule has 2 aromatic rings. The van der Waals surface area contributed by atoms with Crippen LogP contribution in [0.4, 0.5) is 0 Å². The lowest BCUT2D eigenvalue weighted by Crippen LogP contribution is -2.15. The van der Waals surface area contributed by atoms with Crippen LogP contribution < -0.4 is 5.09 Å². The van der Waals surface area contributed by atoms with Gasteiger partial charge in [0.15, 0.2) is 7.29 Å². The standard InChI is InChI=1S/C19H20NO2PS/c1-22-13-12-20-23(21)14-18(16-8-4-2-5-9-16)24-19(15-23)17-10-6-3-7-11-17/h2-11,14-15H,12-13H2,1H3,(H,20,21). The molecule has 1 heterocycles. The van der Waals surface area contributed by atoms with E-state index in [2.05, 4.69) is 5.09 Å². The Morgan fingerprint density at radius 1 is 0.917 bits per heavy atom. The molecule has 0 spiro atoms. The van der Waals surface area contributed by atoms with Crippen LogP contribution >= 0.6 is 19.1 Å². The second kappa shape index (κ2) is 8.00. The van der Waals surface area contributed by atoms with Gasteiger partial charge in [-0.15, -0.1) is 0 Å². The third-order valence-electron chi connectivity index (χ3n) is 3.62. The Labute approximate surface area is 147 Å². The third kappa shape index (κ3) is 4.28. The summed E-state index contributed by atoms with van der Waals surface area (Å²) in [5.74, 6) is 3.74. The number of rotatable bonds is 6. The van der Waals surface area contributed by atoms with Gasteiger partial charge >= 0.3 is 0 Å². The maximum Gasteiger partial charge on any atom is 0.193 e. The molecule has 5 heteroatoms. The quantitative estimate of drug-likeness (QED) is 0.566. The molecule has 0 bridgehead atoms. The summed E-state index contributed by atoms with van der Waals surface area (Å²) in [5, 5.41) is 3.16. The van der Waals surface area contributed by atoms with Crippen molar-refractivity contribution in [2.75, 3.05) is 20.3 Å². The summed E-state index contributed by atoms with van der Waals surface area (Å²) in [6.07, 6.45) is 0. The van der Waals surface area contributed by atoms with Gasteiger partial charge in [-0.25, -0.2) is 0 Å². The predicted molar refractivity (Wildman–Crippen MR) is 104 cm³/mol. The molecule has 3 nitrogen and oxygen atoms in total. The Balaban J connectivity index is 1.96. The molecule has 24 heavy (non-hydrogen) atoms. The first-order valence-corrected chi connectivity index (χ1v) is 10.4. The van der Waals surface area contributed by atoms with Gasteiger partial charge in [0.1, 0.15) is 0 Å². The van der Waals surface area contributed by atoms with Crippen LogP contribution in [0.2, 0.25) is 0 Å². The lowest BCUT2D eigenvalue weighted by molar-refractivity contribution is 0.204. The topological polar surface area (TPSA) is 38.3 Å². The van der Waals surface area contributed by atoms with E-state index >= 15 is 0 Å². The van der Waals surface area contributed by atoms with Gasteiger partial charge in [-0.3, -0.25) is 9.65 Å². The first kappa shape index (κ1) is 17.2. The molecule has 0 saturated carbocycles. The number of hydrogen-bond acceptors (Lipinski definition) is 3. The molecule has 0 saturated heterocycles. The Morgan fingerprint density at radius 2 is 1.42 bits per heavy atom. The van der Waals surface area contributed by atoms with Crippen LogP contribution in [0.25, 0.3) is 9.81 Å². The molecule has 0 fully saturated rings. The van der Waals surface area contributed by atoms with Crippen LogP contribution in [0.15, 0.2) is 72.3 Å². The molecule has 0 unspecified atom stereocenters. The lowest BCUT2D eigenvalue weighted by Gasteiger charge is -2.22. The highest BCUT2D eigenvalue weighted by Crippen LogP contribution is 2.58. The van der Waals surface area contributed by atoms with E-state index in [9.17, 15) is 4.57 Å². The molecular weight excluding hydrogens is 337 g/mol. The first-order chi connectivity index (χ1) is 11.7. The monoisotopic (exact) mass is 357 g/mol. The summed E-state index contributed by atoms with van der Waals surface area (Å²) < 4.78 is 18.4. The predicted octanol–water partition coefficient (Wildman–Crippen LogP) is 5.24. The van der Waals surface area contributed by atoms with E-state index < -0.39 is 7.29 Å². The van der Waals surface area contributed by atoms with Gasteiger partial charge in [0.25, 0.3) is 0 Å². The van der Waals surface area contributed by atoms with Gasteiger partial charge in [0.2, 0.25) is 0 Å². The van der Waals surface area contributed by atoms with Crippen LogP contribution in [0.1, 0.15) is 11.1 Å². The zero-order chi connectivity index (χ0) is 16.8. The molecule has 0 atom stereocenters. The number of thioether (sulfide) groups is 1. The minimum Gasteiger partial charge on any atom is -0.383 e. The zero-order valence-electron chi connectivity index (χ0n) is 13.5. The highest BCUT2D eigenvalue weighted by molar-refractivity contribution is 8.17. The van der Waals surface area contributed by atoms with Crippen LogP contribution in [0.5, 0.6) is 0 Å². The molecule has 1 N–H and O–H groups in total. The van der Waals surface area contributed by atoms with Crippen molar-refractivity contribution in [1.82, 2.24) is 5.09 Å². The van der Waals surface area contributed by atoms with Crippen LogP contribution in [0, 0.1) is 0 Å². The molecule has 0 amide bonds. The van der Waals surface area contributed by atoms with E-state index in [1.54, 1.807) is 18.9 Å². The van der Waals surface area contributed by atoms with Crippen molar-refractivity contribution < 1.29 is 9.30 Å². The highest BCUT2D eigenvalue weighted by Gasteiger charge is 2.25. The van der Waals surface area contributed by atoms with Crippen LogP contribution in [-0.2, 0) is 9.30 Å². The van der Waals surface area contributed by atoms with E-state index in [1.165, 1.54) is 0 Å². The summed E-state index contributed by atoms with van der Waals surface area (Å²) in [5.41, 5.74) is 2.16. The Kier molecular flexibility index (Phi) is 5.75. The molecule has 0 radical (unpaired) electrons. The number of hydrogen-bond donors (Lipinski definition) is 1. The summed E-state index contributed by atoms with van der Waals surface area (Å²) in [4.78, 5) is 2.04. The number of nitrogens with one attached hydrogen (secondary N) is 1. The Hall–Kier alpha value is -1.58. The van der Waals surface area contributed by atoms with Crippen molar-refractivity contribution in [3.8, 4) is 0 Å². The zero-order valence-corrected chi connectivity index (χ0v) is 15.2. The number of methoxy groups -OCH3 is 1. The summed E-state index contributed by atoms with van der Waals surface area (Å²) in [6, 6.07) is 20.2. The van der Waals surface area contributed by atoms with E-state index in [-0.39, 0.29) is 0 Å². The minimum atomic E-state index is -2.76. The average Bonchev–Trinajstić information content (AvgIpc) is 2.63. The van der Waals surface area contributed by atoms with Gasteiger partial charge in [-0.2, -0.15) is 0 Å². The van der Waals surface area contributed by atoms with Gasteiger partial charge in [-0.05, 0) is 11.1 Å². The van der Waals surface area contributed by atoms with Gasteiger partial charge < -0.3 is 4.74 Å². The minimum absolute atomic E-state index is 0.528. The smallest absolute Gasteiger partial charge is 0.193 e. The fourth-order valence-corrected chi connectivity index (χ4v) is 6.24. The largest absolute Gasteiger partial charge is 0.383 e. The molecule has 1 aliphatic rings. The molecule has 0 aliphatic carbocycles. The maximum atomic E-state index is 13.3. The molecule has 2 aromatic carbocycles. The fourth-order valence-electron chi connectivity index (χ4n) is 2.44. The fraction of sp³-hybridized carbons (Fsp3) is 0.158. The van der Waals surface area contributed by atoms with Crippen molar-refractivity contribution in [3.05, 3.63) is 83.4 Å². The van der Waals surface area contributed by atoms with Crippen LogP contribution in [-0.4, -0.2) is 20.3 Å². The molecule has 0 aromatic heterocycles. The highest BCUT2D eigenvalue weighted by atomic mass is 32.2. The molecule has 3 rings (SSSR count). The molecule has 124 valence electrons. The lowest BCUT2D eigenvalue weighted by atomic mass is 10.2. The average molecular weight is 357 g/mol. The van der Waals surface area contributed by atoms with Crippen molar-refractivity contribution in [1.29, 1.82) is 0 Å². The summed E-state index contributed by atoms with van der Waals surface area (Å²) in [7, 11) is -1.12. The van der Waals surface area contributed by atoms with E-state index in [4.69, 9.17) is 4.74 Å². The molecule has 1 aliphatic heterocycles. The van der Waals surface area contributed by atoms with Gasteiger partial charge in [0.05, 0.1) is 6.61 Å². The molecular formula is C19H20NO2PS. The number of ether oxygens (including phenoxy) is 1. The SMILES string of the molecule is COCCNP1(=O)C=C(c2ccccc2)SC(c2ccccc2)=C1. The van der Waals surface area contributed by atoms with Crippen molar-refractivity contribution >= 4 is 28.9 Å². The van der Waals surface area contributed by atoms with Crippen LogP contribution in [0.3, 0.4) is 0 Å². The van der Waals surface area contributed by atoms with E-state index in [0.717, 1.165) is 20.9 Å². The van der Waals surface area contributed by atoms with E-state index in [0.29, 0.717) is 13.2 Å². The Bertz CT molecular complexity index is 728. The first-order valence-electron chi connectivity index (χ1n) is 7.78. The third-order valence-corrected chi connectivity index (χ3v) is 7.12. The van der Waals surface area contributed by atoms with Crippen molar-refractivity contribution in [3.63, 3.8) is 0 Å². The summed E-state index contributed by atoms with van der Waals surface area (Å²) >= 11 is 1.66. The van der Waals surface area contributed by atoms with E-state index in [1.807, 2.05) is 72.3 Å². The van der Waals surface area contributed by atoms with Gasteiger partial charge in [0, 0.05) is 35.1 Å². The van der Waals surface area contributed by atoms with Crippen molar-refractivity contribution in [2.45, 2.75) is 0 Å². The Morgan fingerprint density at radius 3 is 1.88 bits per heavy atom. The van der Waals surface area contributed by atoms with Crippen molar-refractivity contribution in [2.24, 2.45) is 0 Å². The maximum absolute atomic E-state index is 13.3. The second-order valence-corrected chi connectivity index (χ2v) is 8.77.